The summed E-state index contributed by atoms with van der Waals surface area (Å²) in [4.78, 5) is 11.2. The molecule has 0 aromatic rings. The van der Waals surface area contributed by atoms with Gasteiger partial charge in [-0.25, -0.2) is 0 Å². The van der Waals surface area contributed by atoms with Gasteiger partial charge in [0.15, 0.2) is 0 Å². The third-order valence-corrected chi connectivity index (χ3v) is 2.96. The minimum Gasteiger partial charge on any atom is -0.426 e. The van der Waals surface area contributed by atoms with Crippen molar-refractivity contribution in [1.82, 2.24) is 0 Å². The Hall–Kier alpha value is -1.45. The molecule has 0 heterocycles. The van der Waals surface area contributed by atoms with Gasteiger partial charge in [-0.2, -0.15) is 0 Å². The lowest BCUT2D eigenvalue weighted by Gasteiger charge is -2.30. The highest BCUT2D eigenvalue weighted by Crippen LogP contribution is 2.31. The van der Waals surface area contributed by atoms with Crippen molar-refractivity contribution < 1.29 is 19.0 Å². The number of esters is 1. The molecule has 2 aliphatic carbocycles. The first-order chi connectivity index (χ1) is 8.57. The molecule has 100 valence electrons. The highest BCUT2D eigenvalue weighted by molar-refractivity contribution is 5.66. The van der Waals surface area contributed by atoms with Gasteiger partial charge >= 0.3 is 11.9 Å². The molecule has 0 N–H and O–H groups in total. The second-order valence-corrected chi connectivity index (χ2v) is 4.79. The summed E-state index contributed by atoms with van der Waals surface area (Å²) in [5, 5.41) is 0. The normalized spacial score (nSPS) is 19.2. The molecular weight excluding hydrogens is 232 g/mol. The van der Waals surface area contributed by atoms with E-state index in [4.69, 9.17) is 14.2 Å². The highest BCUT2D eigenvalue weighted by atomic mass is 16.9. The topological polar surface area (TPSA) is 44.8 Å². The Bertz CT molecular complexity index is 355. The SMILES string of the molecule is CC(=O)OC(C)(OC1=CCCC1)OC1=CCCC1. The van der Waals surface area contributed by atoms with E-state index in [1.807, 2.05) is 12.2 Å². The molecular formula is C14H20O4. The maximum Gasteiger partial charge on any atom is 0.415 e. The fraction of sp³-hybridized carbons (Fsp3) is 0.643. The van der Waals surface area contributed by atoms with E-state index in [2.05, 4.69) is 0 Å². The second-order valence-electron chi connectivity index (χ2n) is 4.79. The molecule has 0 aliphatic heterocycles. The average Bonchev–Trinajstić information content (AvgIpc) is 2.89. The number of allylic oxidation sites excluding steroid dienone is 4. The molecule has 4 heteroatoms. The van der Waals surface area contributed by atoms with Gasteiger partial charge in [-0.05, 0) is 37.8 Å². The van der Waals surface area contributed by atoms with Crippen LogP contribution in [0.25, 0.3) is 0 Å². The monoisotopic (exact) mass is 252 g/mol. The first kappa shape index (κ1) is 13.0. The van der Waals surface area contributed by atoms with E-state index in [9.17, 15) is 4.79 Å². The van der Waals surface area contributed by atoms with Crippen molar-refractivity contribution in [1.29, 1.82) is 0 Å². The Morgan fingerprint density at radius 3 is 1.94 bits per heavy atom. The fourth-order valence-electron chi connectivity index (χ4n) is 2.27. The summed E-state index contributed by atoms with van der Waals surface area (Å²) < 4.78 is 16.6. The minimum atomic E-state index is -1.34. The van der Waals surface area contributed by atoms with E-state index in [1.54, 1.807) is 6.92 Å². The lowest BCUT2D eigenvalue weighted by molar-refractivity contribution is -0.322. The molecule has 0 bridgehead atoms. The molecule has 0 fully saturated rings. The molecule has 0 saturated heterocycles. The van der Waals surface area contributed by atoms with Crippen LogP contribution in [0.15, 0.2) is 23.7 Å². The average molecular weight is 252 g/mol. The van der Waals surface area contributed by atoms with E-state index < -0.39 is 11.9 Å². The predicted molar refractivity (Wildman–Crippen MR) is 66.2 cm³/mol. The van der Waals surface area contributed by atoms with Crippen molar-refractivity contribution in [2.24, 2.45) is 0 Å². The summed E-state index contributed by atoms with van der Waals surface area (Å²) in [7, 11) is 0. The van der Waals surface area contributed by atoms with Gasteiger partial charge in [0.05, 0.1) is 6.92 Å². The van der Waals surface area contributed by atoms with E-state index in [1.165, 1.54) is 6.92 Å². The summed E-state index contributed by atoms with van der Waals surface area (Å²) in [5.41, 5.74) is 0. The molecule has 0 aromatic heterocycles. The van der Waals surface area contributed by atoms with Crippen molar-refractivity contribution in [2.75, 3.05) is 0 Å². The maximum atomic E-state index is 11.2. The van der Waals surface area contributed by atoms with E-state index >= 15 is 0 Å². The van der Waals surface area contributed by atoms with Crippen molar-refractivity contribution in [3.05, 3.63) is 23.7 Å². The summed E-state index contributed by atoms with van der Waals surface area (Å²) in [6.07, 6.45) is 9.96. The Kier molecular flexibility index (Phi) is 3.94. The molecule has 0 amide bonds. The maximum absolute atomic E-state index is 11.2. The molecule has 2 aliphatic rings. The van der Waals surface area contributed by atoms with Gasteiger partial charge in [0.1, 0.15) is 11.5 Å². The van der Waals surface area contributed by atoms with Gasteiger partial charge < -0.3 is 14.2 Å². The highest BCUT2D eigenvalue weighted by Gasteiger charge is 2.35. The number of carbonyl (C=O) groups is 1. The second kappa shape index (κ2) is 5.46. The largest absolute Gasteiger partial charge is 0.426 e. The van der Waals surface area contributed by atoms with Gasteiger partial charge in [-0.1, -0.05) is 0 Å². The van der Waals surface area contributed by atoms with Crippen LogP contribution in [-0.4, -0.2) is 11.9 Å². The first-order valence-corrected chi connectivity index (χ1v) is 6.53. The Balaban J connectivity index is 2.03. The summed E-state index contributed by atoms with van der Waals surface area (Å²) in [6, 6.07) is 0. The van der Waals surface area contributed by atoms with E-state index in [-0.39, 0.29) is 0 Å². The Morgan fingerprint density at radius 1 is 1.11 bits per heavy atom. The van der Waals surface area contributed by atoms with Crippen molar-refractivity contribution in [2.45, 2.75) is 58.3 Å². The van der Waals surface area contributed by atoms with Crippen LogP contribution in [0.2, 0.25) is 0 Å². The predicted octanol–water partition coefficient (Wildman–Crippen LogP) is 3.39. The quantitative estimate of drug-likeness (QED) is 0.555. The zero-order valence-electron chi connectivity index (χ0n) is 11.0. The van der Waals surface area contributed by atoms with Crippen LogP contribution < -0.4 is 0 Å². The van der Waals surface area contributed by atoms with Gasteiger partial charge in [0, 0.05) is 19.8 Å². The zero-order chi connectivity index (χ0) is 13.0. The molecule has 0 radical (unpaired) electrons. The molecule has 0 atom stereocenters. The number of rotatable bonds is 5. The third kappa shape index (κ3) is 3.52. The Morgan fingerprint density at radius 2 is 1.61 bits per heavy atom. The first-order valence-electron chi connectivity index (χ1n) is 6.53. The van der Waals surface area contributed by atoms with Crippen molar-refractivity contribution in [3.63, 3.8) is 0 Å². The van der Waals surface area contributed by atoms with Gasteiger partial charge in [0.2, 0.25) is 0 Å². The summed E-state index contributed by atoms with van der Waals surface area (Å²) >= 11 is 0. The third-order valence-electron chi connectivity index (χ3n) is 2.96. The number of carbonyl (C=O) groups excluding carboxylic acids is 1. The molecule has 0 saturated carbocycles. The van der Waals surface area contributed by atoms with Gasteiger partial charge in [-0.15, -0.1) is 0 Å². The molecule has 18 heavy (non-hydrogen) atoms. The minimum absolute atomic E-state index is 0.408. The smallest absolute Gasteiger partial charge is 0.415 e. The van der Waals surface area contributed by atoms with E-state index in [0.717, 1.165) is 50.0 Å². The fourth-order valence-corrected chi connectivity index (χ4v) is 2.27. The number of hydrogen-bond donors (Lipinski definition) is 0. The number of ether oxygens (including phenoxy) is 3. The zero-order valence-corrected chi connectivity index (χ0v) is 11.0. The Labute approximate surface area is 108 Å². The van der Waals surface area contributed by atoms with Crippen LogP contribution in [0.3, 0.4) is 0 Å². The van der Waals surface area contributed by atoms with Crippen LogP contribution in [0.5, 0.6) is 0 Å². The standard InChI is InChI=1S/C14H20O4/c1-11(15)16-14(2,17-12-7-3-4-8-12)18-13-9-5-6-10-13/h7,9H,3-6,8,10H2,1-2H3. The van der Waals surface area contributed by atoms with Crippen LogP contribution in [0, 0.1) is 0 Å². The van der Waals surface area contributed by atoms with Gasteiger partial charge in [-0.3, -0.25) is 4.79 Å². The van der Waals surface area contributed by atoms with Crippen molar-refractivity contribution in [3.8, 4) is 0 Å². The molecule has 0 spiro atoms. The molecule has 4 nitrogen and oxygen atoms in total. The van der Waals surface area contributed by atoms with Crippen LogP contribution in [0.1, 0.15) is 52.4 Å². The summed E-state index contributed by atoms with van der Waals surface area (Å²) in [6.45, 7) is 3.00. The number of hydrogen-bond acceptors (Lipinski definition) is 4. The molecule has 0 aromatic carbocycles. The van der Waals surface area contributed by atoms with Crippen molar-refractivity contribution >= 4 is 5.97 Å². The van der Waals surface area contributed by atoms with E-state index in [0.29, 0.717) is 0 Å². The van der Waals surface area contributed by atoms with Gasteiger partial charge in [0.25, 0.3) is 0 Å². The van der Waals surface area contributed by atoms with Crippen LogP contribution in [-0.2, 0) is 19.0 Å². The summed E-state index contributed by atoms with van der Waals surface area (Å²) in [5.74, 6) is -0.0533. The lowest BCUT2D eigenvalue weighted by Crippen LogP contribution is -2.36. The lowest BCUT2D eigenvalue weighted by atomic mass is 10.3. The molecule has 2 rings (SSSR count). The molecule has 0 unspecified atom stereocenters. The van der Waals surface area contributed by atoms with Crippen LogP contribution >= 0.6 is 0 Å². The van der Waals surface area contributed by atoms with Crippen LogP contribution in [0.4, 0.5) is 0 Å².